The highest BCUT2D eigenvalue weighted by Crippen LogP contribution is 2.39. The van der Waals surface area contributed by atoms with Crippen LogP contribution >= 0.6 is 7.82 Å². The maximum absolute atomic E-state index is 11.6. The minimum Gasteiger partial charge on any atom is -0.394 e. The van der Waals surface area contributed by atoms with E-state index in [0.29, 0.717) is 0 Å². The van der Waals surface area contributed by atoms with Gasteiger partial charge in [-0.1, -0.05) is 0 Å². The van der Waals surface area contributed by atoms with Crippen LogP contribution in [0, 0.1) is 0 Å². The van der Waals surface area contributed by atoms with Crippen molar-refractivity contribution in [2.45, 2.75) is 184 Å². The molecule has 416 valence electrons. The summed E-state index contributed by atoms with van der Waals surface area (Å²) in [5, 5.41) is 203. The minimum absolute atomic E-state index is 0.838. The summed E-state index contributed by atoms with van der Waals surface area (Å²) in [6.07, 6.45) is -60.7. The predicted octanol–water partition coefficient (Wildman–Crippen LogP) is -14.0. The standard InChI is InChI=1S/C36H63O34P/c37-1-7-13(42)20(49)30(31(55)60-7)70-36-25(54)29(18(47)11(5-41)64-36)69-35-24(53)28(17(46)10(4-40)63-35)68-34-23(52)27(16(45)9(3-39)62-34)67-33-22(51)26(15(44)8(2-38)61-33)66-32-21(50)19(48)14(43)12(65-32)6-59-71(56,57)58/h7-55H,1-6H2,(H2,56,57,58)/t7-,8-,9-,10-,11-,12-,13-,14-,15-,16-,17-,18-,19+,20+,21+,22+,23+,24+,25+,26+,27+,28+,29+,30+,31+,32-,33-,34-,35-,36-/m1/s1/i1+2,2+2,3+2,4+2,5+2,6+2,7+2,8+2,9+2,10+2,11+2,12+2,13+2,14+2,15+2,16+2,17+2,18+2,19+2,20+2,21+2,22+2,23+2,24+2,25+2,26+2,27+2,28+2,29+2,30+2,31+2,32+2,33+2,34+2,35+2,36+2. The van der Waals surface area contributed by atoms with Crippen LogP contribution in [0.1, 0.15) is 0 Å². The number of aliphatic hydroxyl groups excluding tert-OH is 19. The van der Waals surface area contributed by atoms with Crippen LogP contribution in [0.5, 0.6) is 0 Å². The lowest BCUT2D eigenvalue weighted by molar-refractivity contribution is -0.399. The van der Waals surface area contributed by atoms with Crippen LogP contribution in [0.15, 0.2) is 0 Å². The lowest BCUT2D eigenvalue weighted by atomic mass is 11.8. The molecule has 0 amide bonds. The average Bonchev–Trinajstić information content (AvgIpc) is 3.33. The second-order valence-electron chi connectivity index (χ2n) is 17.4. The van der Waals surface area contributed by atoms with Crippen LogP contribution in [-0.2, 0) is 61.2 Å². The Hall–Kier alpha value is -1.09. The predicted molar refractivity (Wildman–Crippen MR) is 210 cm³/mol. The van der Waals surface area contributed by atoms with Gasteiger partial charge in [-0.3, -0.25) is 4.52 Å². The van der Waals surface area contributed by atoms with Crippen molar-refractivity contribution < 1.29 is 168 Å². The van der Waals surface area contributed by atoms with Crippen molar-refractivity contribution in [2.75, 3.05) is 39.6 Å². The maximum Gasteiger partial charge on any atom is 0.469 e. The molecule has 0 saturated carbocycles. The molecule has 0 bridgehead atoms. The van der Waals surface area contributed by atoms with Crippen LogP contribution in [0.4, 0.5) is 0 Å². The van der Waals surface area contributed by atoms with Gasteiger partial charge >= 0.3 is 7.82 Å². The van der Waals surface area contributed by atoms with Gasteiger partial charge in [0.2, 0.25) is 0 Å². The Morgan fingerprint density at radius 3 is 0.887 bits per heavy atom. The molecule has 0 spiro atoms. The summed E-state index contributed by atoms with van der Waals surface area (Å²) in [6.45, 7) is -6.13. The fourth-order valence-corrected chi connectivity index (χ4v) is 8.98. The molecule has 6 aliphatic rings. The van der Waals surface area contributed by atoms with Gasteiger partial charge in [-0.2, -0.15) is 0 Å². The van der Waals surface area contributed by atoms with Crippen LogP contribution in [0.3, 0.4) is 0 Å². The van der Waals surface area contributed by atoms with E-state index < -0.39 is 232 Å². The van der Waals surface area contributed by atoms with Crippen LogP contribution in [0.25, 0.3) is 0 Å². The maximum atomic E-state index is 11.6. The van der Waals surface area contributed by atoms with Crippen molar-refractivity contribution >= 4 is 7.82 Å². The highest BCUT2D eigenvalue weighted by atomic mass is 31.2. The molecule has 35 heteroatoms. The van der Waals surface area contributed by atoms with E-state index in [-0.39, 0.29) is 0 Å². The molecule has 71 heavy (non-hydrogen) atoms. The molecular weight excluding hydrogens is 1080 g/mol. The molecule has 0 aliphatic carbocycles. The molecule has 0 aromatic heterocycles. The third-order valence-electron chi connectivity index (χ3n) is 12.7. The van der Waals surface area contributed by atoms with Gasteiger partial charge in [-0.15, -0.1) is 0 Å². The second kappa shape index (κ2) is 24.9. The van der Waals surface area contributed by atoms with E-state index in [1.165, 1.54) is 0 Å². The normalized spacial score (nSPS) is 51.3. The molecule has 6 heterocycles. The van der Waals surface area contributed by atoms with Gasteiger partial charge in [0.25, 0.3) is 0 Å². The monoisotopic (exact) mass is 1140 g/mol. The number of hydrogen-bond donors (Lipinski definition) is 21. The van der Waals surface area contributed by atoms with Crippen molar-refractivity contribution in [3.63, 3.8) is 0 Å². The van der Waals surface area contributed by atoms with E-state index >= 15 is 0 Å². The highest BCUT2D eigenvalue weighted by Gasteiger charge is 2.58. The molecule has 0 aromatic carbocycles. The van der Waals surface area contributed by atoms with Gasteiger partial charge in [0.15, 0.2) is 37.7 Å². The fourth-order valence-electron chi connectivity index (χ4n) is 8.64. The van der Waals surface area contributed by atoms with E-state index in [2.05, 4.69) is 4.52 Å². The Kier molecular flexibility index (Phi) is 20.8. The van der Waals surface area contributed by atoms with E-state index in [0.717, 1.165) is 0 Å². The third kappa shape index (κ3) is 12.9. The Morgan fingerprint density at radius 2 is 0.577 bits per heavy atom. The third-order valence-corrected chi connectivity index (χ3v) is 13.1. The van der Waals surface area contributed by atoms with Crippen LogP contribution in [0.2, 0.25) is 0 Å². The Morgan fingerprint density at radius 1 is 0.310 bits per heavy atom. The molecule has 6 rings (SSSR count). The zero-order valence-electron chi connectivity index (χ0n) is 36.7. The largest absolute Gasteiger partial charge is 0.469 e. The summed E-state index contributed by atoms with van der Waals surface area (Å²) in [5.74, 6) is 0. The molecule has 30 atom stereocenters. The van der Waals surface area contributed by atoms with E-state index in [1.54, 1.807) is 0 Å². The SMILES string of the molecule is O=P(O)(O)O[14CH2][14C@H]1O[14C@H](O[14C@@H]2[14C@H](O)[14C@@H](O[14C@@H]3[14C@H](O)[14C@@H](O[14C@@H]4[14C@H](O)[14C@@H](O[14C@@H]5[14C@H](O)[14C@@H](O[14C@H]6[14C@@H](O)[14C@H](O)[14C@@H]([14CH2]O)O[14C@@H]6O)O[14C@H]([14CH2]O)[14C@H]5O)O[14C@H]([14CH2]O)[14C@H]4O)O[14C@H]([14CH2]O)[14C@H]3O)O[14C@H]([14CH2]O)[14C@H]2O)[14C@@H](O)[14C@@H](O)[14C@@H]1O. The van der Waals surface area contributed by atoms with Crippen LogP contribution < -0.4 is 0 Å². The lowest BCUT2D eigenvalue weighted by Crippen LogP contribution is -2.68. The molecule has 6 saturated heterocycles. The summed E-state index contributed by atoms with van der Waals surface area (Å²) in [7, 11) is -5.17. The molecule has 0 aromatic rings. The van der Waals surface area contributed by atoms with Crippen molar-refractivity contribution in [3.8, 4) is 0 Å². The van der Waals surface area contributed by atoms with Crippen molar-refractivity contribution in [2.24, 2.45) is 0 Å². The van der Waals surface area contributed by atoms with E-state index in [4.69, 9.17) is 61.9 Å². The number of rotatable bonds is 18. The van der Waals surface area contributed by atoms with Crippen LogP contribution in [-0.4, -0.2) is 331 Å². The Labute approximate surface area is 399 Å². The number of aliphatic hydroxyl groups is 19. The van der Waals surface area contributed by atoms with E-state index in [1.807, 2.05) is 0 Å². The van der Waals surface area contributed by atoms with Gasteiger partial charge in [0, 0.05) is 0 Å². The number of ether oxygens (including phenoxy) is 11. The van der Waals surface area contributed by atoms with Crippen molar-refractivity contribution in [1.82, 2.24) is 0 Å². The summed E-state index contributed by atoms with van der Waals surface area (Å²) >= 11 is 0. The molecule has 0 radical (unpaired) electrons. The van der Waals surface area contributed by atoms with E-state index in [9.17, 15) is 102 Å². The smallest absolute Gasteiger partial charge is 0.394 e. The summed E-state index contributed by atoms with van der Waals surface area (Å²) in [5.41, 5.74) is 0. The molecule has 21 N–H and O–H groups in total. The first kappa shape index (κ1) is 59.2. The Bertz CT molecular complexity index is 1690. The number of hydrogen-bond acceptors (Lipinski definition) is 32. The summed E-state index contributed by atoms with van der Waals surface area (Å²) < 4.78 is 76.0. The highest BCUT2D eigenvalue weighted by molar-refractivity contribution is 7.46. The van der Waals surface area contributed by atoms with Gasteiger partial charge in [0.1, 0.15) is 146 Å². The first-order valence-corrected chi connectivity index (χ1v) is 23.4. The quantitative estimate of drug-likeness (QED) is 0.0567. The molecule has 6 fully saturated rings. The van der Waals surface area contributed by atoms with Gasteiger partial charge in [-0.25, -0.2) is 4.57 Å². The zero-order chi connectivity index (χ0) is 52.5. The molecular formula is C36H63O34P. The summed E-state index contributed by atoms with van der Waals surface area (Å²) in [6, 6.07) is 0. The van der Waals surface area contributed by atoms with Gasteiger partial charge in [0.05, 0.1) is 39.6 Å². The first-order chi connectivity index (χ1) is 33.4. The topological polar surface area (TPSA) is 553 Å². The Balaban J connectivity index is 1.18. The molecule has 34 nitrogen and oxygen atoms in total. The summed E-state index contributed by atoms with van der Waals surface area (Å²) in [4.78, 5) is 18.2. The van der Waals surface area contributed by atoms with Gasteiger partial charge < -0.3 is 159 Å². The fraction of sp³-hybridized carbons (Fsp3) is 1.00. The lowest BCUT2D eigenvalue weighted by Gasteiger charge is -2.50. The number of phosphoric acid groups is 1. The van der Waals surface area contributed by atoms with Crippen molar-refractivity contribution in [3.05, 3.63) is 0 Å². The first-order valence-electron chi connectivity index (χ1n) is 21.9. The van der Waals surface area contributed by atoms with Crippen molar-refractivity contribution in [1.29, 1.82) is 0 Å². The second-order valence-corrected chi connectivity index (χ2v) is 18.6. The number of phosphoric ester groups is 1. The minimum atomic E-state index is -5.17. The van der Waals surface area contributed by atoms with Gasteiger partial charge in [-0.05, 0) is 0 Å². The molecule has 0 unspecified atom stereocenters. The average molecular weight is 1140 g/mol. The molecule has 6 aliphatic heterocycles. The zero-order valence-corrected chi connectivity index (χ0v) is 37.6.